The molecule has 1 unspecified atom stereocenters. The van der Waals surface area contributed by atoms with E-state index in [0.717, 1.165) is 23.7 Å². The number of aromatic nitrogens is 2. The van der Waals surface area contributed by atoms with Gasteiger partial charge in [0, 0.05) is 24.7 Å². The van der Waals surface area contributed by atoms with Gasteiger partial charge in [-0.05, 0) is 20.3 Å². The highest BCUT2D eigenvalue weighted by molar-refractivity contribution is 5.61. The van der Waals surface area contributed by atoms with E-state index in [2.05, 4.69) is 20.6 Å². The summed E-state index contributed by atoms with van der Waals surface area (Å²) < 4.78 is 0. The molecule has 0 aliphatic carbocycles. The third kappa shape index (κ3) is 4.72. The van der Waals surface area contributed by atoms with Gasteiger partial charge in [-0.15, -0.1) is 0 Å². The van der Waals surface area contributed by atoms with Gasteiger partial charge in [0.2, 0.25) is 0 Å². The predicted molar refractivity (Wildman–Crippen MR) is 86.4 cm³/mol. The minimum Gasteiger partial charge on any atom is -0.393 e. The van der Waals surface area contributed by atoms with E-state index in [1.165, 1.54) is 0 Å². The summed E-state index contributed by atoms with van der Waals surface area (Å²) in [4.78, 5) is 9.06. The molecule has 1 aromatic carbocycles. The van der Waals surface area contributed by atoms with E-state index in [1.54, 1.807) is 6.92 Å². The number of hydrogen-bond acceptors (Lipinski definition) is 5. The van der Waals surface area contributed by atoms with Crippen LogP contribution in [0.1, 0.15) is 20.3 Å². The van der Waals surface area contributed by atoms with Crippen LogP contribution in [-0.4, -0.2) is 34.3 Å². The van der Waals surface area contributed by atoms with Gasteiger partial charge in [0.15, 0.2) is 5.82 Å². The van der Waals surface area contributed by atoms with Gasteiger partial charge in [-0.2, -0.15) is 0 Å². The first-order valence-corrected chi connectivity index (χ1v) is 7.29. The molecule has 2 rings (SSSR count). The number of aliphatic hydroxyl groups excluding tert-OH is 1. The van der Waals surface area contributed by atoms with Crippen molar-refractivity contribution in [2.45, 2.75) is 26.4 Å². The number of nitrogens with one attached hydrogen (secondary N) is 2. The fourth-order valence-electron chi connectivity index (χ4n) is 1.93. The van der Waals surface area contributed by atoms with Crippen molar-refractivity contribution in [3.05, 3.63) is 36.4 Å². The Morgan fingerprint density at radius 3 is 2.38 bits per heavy atom. The lowest BCUT2D eigenvalue weighted by atomic mass is 10.2. The van der Waals surface area contributed by atoms with Gasteiger partial charge in [0.25, 0.3) is 0 Å². The Morgan fingerprint density at radius 1 is 1.10 bits per heavy atom. The molecule has 0 saturated heterocycles. The zero-order valence-electron chi connectivity index (χ0n) is 12.5. The highest BCUT2D eigenvalue weighted by Crippen LogP contribution is 2.20. The van der Waals surface area contributed by atoms with Crippen molar-refractivity contribution in [2.75, 3.05) is 23.7 Å². The summed E-state index contributed by atoms with van der Waals surface area (Å²) in [6.45, 7) is 5.29. The highest BCUT2D eigenvalue weighted by atomic mass is 16.3. The maximum Gasteiger partial charge on any atom is 0.163 e. The van der Waals surface area contributed by atoms with Crippen molar-refractivity contribution < 1.29 is 5.11 Å². The molecule has 112 valence electrons. The molecule has 3 N–H and O–H groups in total. The quantitative estimate of drug-likeness (QED) is 0.730. The SMILES string of the molecule is CCNc1cc(NCCC(C)O)nc(-c2ccccc2)n1. The fraction of sp³-hybridized carbons (Fsp3) is 0.375. The first-order valence-electron chi connectivity index (χ1n) is 7.29. The Balaban J connectivity index is 2.22. The molecule has 0 fully saturated rings. The smallest absolute Gasteiger partial charge is 0.163 e. The standard InChI is InChI=1S/C16H22N4O/c1-3-17-14-11-15(18-10-9-12(2)21)20-16(19-14)13-7-5-4-6-8-13/h4-8,11-12,21H,3,9-10H2,1-2H3,(H2,17,18,19,20). The fourth-order valence-corrected chi connectivity index (χ4v) is 1.93. The lowest BCUT2D eigenvalue weighted by Crippen LogP contribution is -2.12. The van der Waals surface area contributed by atoms with Gasteiger partial charge < -0.3 is 15.7 Å². The van der Waals surface area contributed by atoms with Gasteiger partial charge >= 0.3 is 0 Å². The van der Waals surface area contributed by atoms with Crippen LogP contribution in [0.3, 0.4) is 0 Å². The Bertz CT molecular complexity index is 557. The first-order chi connectivity index (χ1) is 10.2. The minimum absolute atomic E-state index is 0.318. The van der Waals surface area contributed by atoms with Crippen LogP contribution >= 0.6 is 0 Å². The van der Waals surface area contributed by atoms with Gasteiger partial charge in [-0.25, -0.2) is 9.97 Å². The largest absolute Gasteiger partial charge is 0.393 e. The van der Waals surface area contributed by atoms with Crippen LogP contribution < -0.4 is 10.6 Å². The molecule has 0 amide bonds. The Kier molecular flexibility index (Phi) is 5.51. The van der Waals surface area contributed by atoms with Gasteiger partial charge in [0.05, 0.1) is 6.10 Å². The number of aliphatic hydroxyl groups is 1. The molecule has 2 aromatic rings. The molecule has 21 heavy (non-hydrogen) atoms. The highest BCUT2D eigenvalue weighted by Gasteiger charge is 2.06. The molecule has 0 aliphatic rings. The Labute approximate surface area is 125 Å². The third-order valence-corrected chi connectivity index (χ3v) is 2.98. The normalized spacial score (nSPS) is 12.0. The second-order valence-corrected chi connectivity index (χ2v) is 4.92. The maximum atomic E-state index is 9.32. The van der Waals surface area contributed by atoms with E-state index in [-0.39, 0.29) is 6.10 Å². The summed E-state index contributed by atoms with van der Waals surface area (Å²) in [5, 5.41) is 15.8. The zero-order valence-corrected chi connectivity index (χ0v) is 12.5. The number of nitrogens with zero attached hydrogens (tertiary/aromatic N) is 2. The molecule has 0 saturated carbocycles. The van der Waals surface area contributed by atoms with Crippen LogP contribution in [-0.2, 0) is 0 Å². The molecule has 5 heteroatoms. The van der Waals surface area contributed by atoms with Gasteiger partial charge in [-0.1, -0.05) is 30.3 Å². The van der Waals surface area contributed by atoms with Crippen LogP contribution in [0, 0.1) is 0 Å². The molecule has 1 heterocycles. The summed E-state index contributed by atoms with van der Waals surface area (Å²) in [6.07, 6.45) is 0.363. The van der Waals surface area contributed by atoms with Crippen molar-refractivity contribution in [3.63, 3.8) is 0 Å². The second kappa shape index (κ2) is 7.59. The molecule has 0 radical (unpaired) electrons. The van der Waals surface area contributed by atoms with Crippen LogP contribution in [0.15, 0.2) is 36.4 Å². The van der Waals surface area contributed by atoms with Crippen molar-refractivity contribution in [2.24, 2.45) is 0 Å². The van der Waals surface area contributed by atoms with Crippen LogP contribution in [0.4, 0.5) is 11.6 Å². The molecular weight excluding hydrogens is 264 g/mol. The van der Waals surface area contributed by atoms with E-state index in [9.17, 15) is 5.11 Å². The molecular formula is C16H22N4O. The lowest BCUT2D eigenvalue weighted by molar-refractivity contribution is 0.188. The summed E-state index contributed by atoms with van der Waals surface area (Å²) >= 11 is 0. The maximum absolute atomic E-state index is 9.32. The first kappa shape index (κ1) is 15.3. The molecule has 1 atom stereocenters. The van der Waals surface area contributed by atoms with E-state index < -0.39 is 0 Å². The average molecular weight is 286 g/mol. The molecule has 1 aromatic heterocycles. The van der Waals surface area contributed by atoms with Crippen LogP contribution in [0.25, 0.3) is 11.4 Å². The van der Waals surface area contributed by atoms with Crippen molar-refractivity contribution in [1.82, 2.24) is 9.97 Å². The van der Waals surface area contributed by atoms with Gasteiger partial charge in [-0.3, -0.25) is 0 Å². The number of anilines is 2. The monoisotopic (exact) mass is 286 g/mol. The second-order valence-electron chi connectivity index (χ2n) is 4.92. The van der Waals surface area contributed by atoms with E-state index >= 15 is 0 Å². The van der Waals surface area contributed by atoms with E-state index in [4.69, 9.17) is 0 Å². The predicted octanol–water partition coefficient (Wildman–Crippen LogP) is 2.76. The summed E-state index contributed by atoms with van der Waals surface area (Å²) in [7, 11) is 0. The average Bonchev–Trinajstić information content (AvgIpc) is 2.48. The zero-order chi connectivity index (χ0) is 15.1. The Hall–Kier alpha value is -2.14. The summed E-state index contributed by atoms with van der Waals surface area (Å²) in [5.41, 5.74) is 0.982. The van der Waals surface area contributed by atoms with Crippen molar-refractivity contribution >= 4 is 11.6 Å². The van der Waals surface area contributed by atoms with Crippen molar-refractivity contribution in [3.8, 4) is 11.4 Å². The molecule has 5 nitrogen and oxygen atoms in total. The number of rotatable bonds is 7. The van der Waals surface area contributed by atoms with Crippen LogP contribution in [0.2, 0.25) is 0 Å². The topological polar surface area (TPSA) is 70.1 Å². The lowest BCUT2D eigenvalue weighted by Gasteiger charge is -2.11. The van der Waals surface area contributed by atoms with Gasteiger partial charge in [0.1, 0.15) is 11.6 Å². The van der Waals surface area contributed by atoms with Crippen LogP contribution in [0.5, 0.6) is 0 Å². The summed E-state index contributed by atoms with van der Waals surface area (Å²) in [6, 6.07) is 11.8. The molecule has 0 bridgehead atoms. The van der Waals surface area contributed by atoms with E-state index in [0.29, 0.717) is 18.8 Å². The number of benzene rings is 1. The minimum atomic E-state index is -0.318. The number of hydrogen-bond donors (Lipinski definition) is 3. The van der Waals surface area contributed by atoms with Crippen molar-refractivity contribution in [1.29, 1.82) is 0 Å². The Morgan fingerprint density at radius 2 is 1.76 bits per heavy atom. The molecule has 0 aliphatic heterocycles. The molecule has 0 spiro atoms. The summed E-state index contributed by atoms with van der Waals surface area (Å²) in [5.74, 6) is 2.25. The van der Waals surface area contributed by atoms with E-state index in [1.807, 2.05) is 43.3 Å². The third-order valence-electron chi connectivity index (χ3n) is 2.98.